The maximum absolute atomic E-state index is 12.1. The van der Waals surface area contributed by atoms with Crippen molar-refractivity contribution in [3.05, 3.63) is 29.3 Å². The standard InChI is InChI=1S/C16H20O3/c1-10-7-14(17)13(15(18)8-10)9-12-11(2)5-4-6-16(12)19-3/h4-6,10,13H,7-9H2,1-3H3. The Bertz CT molecular complexity index is 487. The highest BCUT2D eigenvalue weighted by atomic mass is 16.5. The van der Waals surface area contributed by atoms with E-state index in [2.05, 4.69) is 0 Å². The lowest BCUT2D eigenvalue weighted by Gasteiger charge is -2.25. The maximum atomic E-state index is 12.1. The zero-order valence-electron chi connectivity index (χ0n) is 11.7. The van der Waals surface area contributed by atoms with E-state index >= 15 is 0 Å². The molecule has 0 N–H and O–H groups in total. The van der Waals surface area contributed by atoms with Gasteiger partial charge in [0.05, 0.1) is 13.0 Å². The van der Waals surface area contributed by atoms with Crippen LogP contribution >= 0.6 is 0 Å². The van der Waals surface area contributed by atoms with E-state index in [9.17, 15) is 9.59 Å². The van der Waals surface area contributed by atoms with Crippen molar-refractivity contribution in [3.63, 3.8) is 0 Å². The molecule has 0 amide bonds. The van der Waals surface area contributed by atoms with Crippen molar-refractivity contribution in [3.8, 4) is 5.75 Å². The minimum atomic E-state index is -0.480. The highest BCUT2D eigenvalue weighted by Crippen LogP contribution is 2.30. The van der Waals surface area contributed by atoms with Crippen LogP contribution in [0.5, 0.6) is 5.75 Å². The molecule has 1 saturated carbocycles. The van der Waals surface area contributed by atoms with Crippen molar-refractivity contribution in [2.75, 3.05) is 7.11 Å². The van der Waals surface area contributed by atoms with Gasteiger partial charge in [0.2, 0.25) is 0 Å². The maximum Gasteiger partial charge on any atom is 0.143 e. The van der Waals surface area contributed by atoms with E-state index in [4.69, 9.17) is 4.74 Å². The molecule has 1 fully saturated rings. The smallest absolute Gasteiger partial charge is 0.143 e. The summed E-state index contributed by atoms with van der Waals surface area (Å²) < 4.78 is 5.34. The molecule has 0 heterocycles. The van der Waals surface area contributed by atoms with Crippen LogP contribution in [-0.2, 0) is 16.0 Å². The fourth-order valence-electron chi connectivity index (χ4n) is 2.78. The topological polar surface area (TPSA) is 43.4 Å². The number of hydrogen-bond donors (Lipinski definition) is 0. The Morgan fingerprint density at radius 1 is 1.21 bits per heavy atom. The molecule has 1 aromatic carbocycles. The summed E-state index contributed by atoms with van der Waals surface area (Å²) >= 11 is 0. The second kappa shape index (κ2) is 5.55. The summed E-state index contributed by atoms with van der Waals surface area (Å²) in [7, 11) is 1.62. The zero-order chi connectivity index (χ0) is 14.0. The van der Waals surface area contributed by atoms with Crippen molar-refractivity contribution in [1.29, 1.82) is 0 Å². The van der Waals surface area contributed by atoms with Gasteiger partial charge in [0, 0.05) is 12.8 Å². The summed E-state index contributed by atoms with van der Waals surface area (Å²) in [6, 6.07) is 5.78. The van der Waals surface area contributed by atoms with Crippen LogP contribution in [0.3, 0.4) is 0 Å². The Kier molecular flexibility index (Phi) is 4.03. The molecular formula is C16H20O3. The Morgan fingerprint density at radius 2 is 1.84 bits per heavy atom. The number of Topliss-reactive ketones (excluding diaryl/α,β-unsaturated/α-hetero) is 2. The van der Waals surface area contributed by atoms with E-state index in [1.807, 2.05) is 32.0 Å². The third-order valence-corrected chi connectivity index (χ3v) is 3.87. The van der Waals surface area contributed by atoms with E-state index in [-0.39, 0.29) is 17.5 Å². The molecule has 0 unspecified atom stereocenters. The molecule has 1 aromatic rings. The second-order valence-electron chi connectivity index (χ2n) is 5.46. The van der Waals surface area contributed by atoms with Gasteiger partial charge in [-0.1, -0.05) is 19.1 Å². The molecule has 0 spiro atoms. The average Bonchev–Trinajstić information content (AvgIpc) is 2.34. The molecule has 0 bridgehead atoms. The van der Waals surface area contributed by atoms with Crippen molar-refractivity contribution in [2.45, 2.75) is 33.1 Å². The first kappa shape index (κ1) is 13.8. The molecule has 19 heavy (non-hydrogen) atoms. The lowest BCUT2D eigenvalue weighted by molar-refractivity contribution is -0.137. The SMILES string of the molecule is COc1cccc(C)c1CC1C(=O)CC(C)CC1=O. The quantitative estimate of drug-likeness (QED) is 0.785. The van der Waals surface area contributed by atoms with Gasteiger partial charge in [-0.05, 0) is 36.5 Å². The minimum absolute atomic E-state index is 0.0778. The van der Waals surface area contributed by atoms with Crippen molar-refractivity contribution in [1.82, 2.24) is 0 Å². The van der Waals surface area contributed by atoms with E-state index in [0.29, 0.717) is 19.3 Å². The van der Waals surface area contributed by atoms with Crippen LogP contribution < -0.4 is 4.74 Å². The van der Waals surface area contributed by atoms with E-state index in [1.165, 1.54) is 0 Å². The average molecular weight is 260 g/mol. The van der Waals surface area contributed by atoms with Gasteiger partial charge in [-0.3, -0.25) is 9.59 Å². The third kappa shape index (κ3) is 2.86. The molecule has 3 nitrogen and oxygen atoms in total. The number of rotatable bonds is 3. The van der Waals surface area contributed by atoms with Crippen LogP contribution in [0, 0.1) is 18.8 Å². The first-order valence-corrected chi connectivity index (χ1v) is 6.70. The minimum Gasteiger partial charge on any atom is -0.496 e. The van der Waals surface area contributed by atoms with E-state index in [1.54, 1.807) is 7.11 Å². The van der Waals surface area contributed by atoms with Crippen LogP contribution in [0.4, 0.5) is 0 Å². The van der Waals surface area contributed by atoms with Crippen LogP contribution in [0.1, 0.15) is 30.9 Å². The van der Waals surface area contributed by atoms with Gasteiger partial charge in [-0.2, -0.15) is 0 Å². The number of carbonyl (C=O) groups excluding carboxylic acids is 2. The molecule has 102 valence electrons. The molecule has 1 aliphatic rings. The Balaban J connectivity index is 2.26. The van der Waals surface area contributed by atoms with Gasteiger partial charge in [0.25, 0.3) is 0 Å². The van der Waals surface area contributed by atoms with Crippen molar-refractivity contribution < 1.29 is 14.3 Å². The molecule has 3 heteroatoms. The summed E-state index contributed by atoms with van der Waals surface area (Å²) in [5.74, 6) is 0.628. The highest BCUT2D eigenvalue weighted by Gasteiger charge is 2.34. The Hall–Kier alpha value is -1.64. The third-order valence-electron chi connectivity index (χ3n) is 3.87. The monoisotopic (exact) mass is 260 g/mol. The second-order valence-corrected chi connectivity index (χ2v) is 5.46. The lowest BCUT2D eigenvalue weighted by Crippen LogP contribution is -2.34. The number of hydrogen-bond acceptors (Lipinski definition) is 3. The molecule has 0 saturated heterocycles. The summed E-state index contributed by atoms with van der Waals surface area (Å²) in [5, 5.41) is 0. The number of aryl methyl sites for hydroxylation is 1. The number of ether oxygens (including phenoxy) is 1. The Morgan fingerprint density at radius 3 is 2.42 bits per heavy atom. The number of ketones is 2. The van der Waals surface area contributed by atoms with Crippen molar-refractivity contribution >= 4 is 11.6 Å². The molecule has 0 aliphatic heterocycles. The number of benzene rings is 1. The van der Waals surface area contributed by atoms with Crippen LogP contribution in [0.2, 0.25) is 0 Å². The molecule has 2 rings (SSSR count). The predicted molar refractivity (Wildman–Crippen MR) is 73.3 cm³/mol. The summed E-state index contributed by atoms with van der Waals surface area (Å²) in [6.45, 7) is 3.94. The molecule has 0 atom stereocenters. The van der Waals surface area contributed by atoms with Gasteiger partial charge in [0.1, 0.15) is 17.3 Å². The first-order chi connectivity index (χ1) is 9.02. The fraction of sp³-hybridized carbons (Fsp3) is 0.500. The normalized spacial score (nSPS) is 23.5. The lowest BCUT2D eigenvalue weighted by atomic mass is 9.77. The van der Waals surface area contributed by atoms with Crippen LogP contribution in [0.25, 0.3) is 0 Å². The predicted octanol–water partition coefficient (Wildman–Crippen LogP) is 2.73. The van der Waals surface area contributed by atoms with Gasteiger partial charge < -0.3 is 4.74 Å². The molecule has 0 aromatic heterocycles. The van der Waals surface area contributed by atoms with E-state index in [0.717, 1.165) is 16.9 Å². The van der Waals surface area contributed by atoms with Gasteiger partial charge in [-0.25, -0.2) is 0 Å². The molecule has 0 radical (unpaired) electrons. The van der Waals surface area contributed by atoms with Crippen LogP contribution in [-0.4, -0.2) is 18.7 Å². The zero-order valence-corrected chi connectivity index (χ0v) is 11.7. The molecular weight excluding hydrogens is 240 g/mol. The number of carbonyl (C=O) groups is 2. The summed E-state index contributed by atoms with van der Waals surface area (Å²) in [4.78, 5) is 24.1. The summed E-state index contributed by atoms with van der Waals surface area (Å²) in [6.07, 6.45) is 1.51. The van der Waals surface area contributed by atoms with Crippen LogP contribution in [0.15, 0.2) is 18.2 Å². The molecule has 1 aliphatic carbocycles. The Labute approximate surface area is 114 Å². The first-order valence-electron chi connectivity index (χ1n) is 6.70. The van der Waals surface area contributed by atoms with Gasteiger partial charge in [-0.15, -0.1) is 0 Å². The van der Waals surface area contributed by atoms with Gasteiger partial charge >= 0.3 is 0 Å². The largest absolute Gasteiger partial charge is 0.496 e. The fourth-order valence-corrected chi connectivity index (χ4v) is 2.78. The number of methoxy groups -OCH3 is 1. The van der Waals surface area contributed by atoms with Crippen molar-refractivity contribution in [2.24, 2.45) is 11.8 Å². The van der Waals surface area contributed by atoms with E-state index < -0.39 is 5.92 Å². The van der Waals surface area contributed by atoms with Gasteiger partial charge in [0.15, 0.2) is 0 Å². The summed E-state index contributed by atoms with van der Waals surface area (Å²) in [5.41, 5.74) is 2.05. The highest BCUT2D eigenvalue weighted by molar-refractivity contribution is 6.05.